The largest absolute Gasteiger partial charge is 0.469 e. The van der Waals surface area contributed by atoms with Gasteiger partial charge in [-0.25, -0.2) is 0 Å². The van der Waals surface area contributed by atoms with E-state index in [2.05, 4.69) is 49.3 Å². The molecule has 0 spiro atoms. The normalized spacial score (nSPS) is 13.0. The minimum absolute atomic E-state index is 0.185. The van der Waals surface area contributed by atoms with Crippen molar-refractivity contribution in [3.63, 3.8) is 0 Å². The van der Waals surface area contributed by atoms with Gasteiger partial charge in [0.2, 0.25) is 0 Å². The number of hydrogen-bond donors (Lipinski definition) is 1. The molecular weight excluding hydrogens is 354 g/mol. The van der Waals surface area contributed by atoms with Crippen molar-refractivity contribution >= 4 is 43.2 Å². The predicted molar refractivity (Wildman–Crippen MR) is 74.1 cm³/mol. The lowest BCUT2D eigenvalue weighted by atomic mass is 10.1. The fraction of sp³-hybridized carbons (Fsp3) is 0.273. The van der Waals surface area contributed by atoms with Crippen molar-refractivity contribution in [2.75, 3.05) is 7.05 Å². The van der Waals surface area contributed by atoms with Crippen LogP contribution < -0.4 is 5.32 Å². The highest BCUT2D eigenvalue weighted by Gasteiger charge is 2.17. The number of furan rings is 1. The average molecular weight is 365 g/mol. The predicted octanol–water partition coefficient (Wildman–Crippen LogP) is 4.48. The maximum Gasteiger partial charge on any atom is 0.101 e. The lowest BCUT2D eigenvalue weighted by Crippen LogP contribution is -2.15. The molecule has 0 saturated heterocycles. The summed E-state index contributed by atoms with van der Waals surface area (Å²) in [4.78, 5) is 1.25. The maximum atomic E-state index is 5.35. The van der Waals surface area contributed by atoms with Crippen molar-refractivity contribution in [2.24, 2.45) is 0 Å². The smallest absolute Gasteiger partial charge is 0.101 e. The Bertz CT molecular complexity index is 472. The zero-order chi connectivity index (χ0) is 11.7. The molecular formula is C11H11Br2NOS. The van der Waals surface area contributed by atoms with E-state index in [0.717, 1.165) is 19.6 Å². The molecule has 0 aliphatic heterocycles. The Labute approximate surface area is 115 Å². The Balaban J connectivity index is 2.36. The van der Waals surface area contributed by atoms with Gasteiger partial charge in [0.1, 0.15) is 5.76 Å². The van der Waals surface area contributed by atoms with E-state index in [-0.39, 0.29) is 6.04 Å². The van der Waals surface area contributed by atoms with Gasteiger partial charge in [0.25, 0.3) is 0 Å². The molecule has 2 heterocycles. The van der Waals surface area contributed by atoms with Gasteiger partial charge in [0.05, 0.1) is 16.1 Å². The van der Waals surface area contributed by atoms with Gasteiger partial charge < -0.3 is 9.73 Å². The molecule has 2 rings (SSSR count). The van der Waals surface area contributed by atoms with Crippen LogP contribution in [0.1, 0.15) is 22.2 Å². The Kier molecular flexibility index (Phi) is 3.89. The van der Waals surface area contributed by atoms with Crippen LogP contribution in [-0.2, 0) is 0 Å². The molecule has 5 heteroatoms. The number of rotatable bonds is 3. The quantitative estimate of drug-likeness (QED) is 0.868. The molecule has 0 aliphatic rings. The third-order valence-electron chi connectivity index (χ3n) is 2.32. The molecule has 1 unspecified atom stereocenters. The Hall–Kier alpha value is -0.1000. The van der Waals surface area contributed by atoms with Gasteiger partial charge in [-0.05, 0) is 58.0 Å². The van der Waals surface area contributed by atoms with E-state index in [9.17, 15) is 0 Å². The molecule has 1 N–H and O–H groups in total. The SMILES string of the molecule is CNC(c1coc(C)c1)c1cc(Br)c(Br)s1. The van der Waals surface area contributed by atoms with Gasteiger partial charge in [0, 0.05) is 14.9 Å². The van der Waals surface area contributed by atoms with E-state index in [1.807, 2.05) is 14.0 Å². The van der Waals surface area contributed by atoms with Gasteiger partial charge in [-0.1, -0.05) is 0 Å². The van der Waals surface area contributed by atoms with Crippen LogP contribution in [-0.4, -0.2) is 7.05 Å². The Morgan fingerprint density at radius 3 is 2.56 bits per heavy atom. The van der Waals surface area contributed by atoms with Crippen LogP contribution >= 0.6 is 43.2 Å². The van der Waals surface area contributed by atoms with Crippen LogP contribution in [0.15, 0.2) is 31.1 Å². The summed E-state index contributed by atoms with van der Waals surface area (Å²) >= 11 is 8.73. The molecule has 0 fully saturated rings. The van der Waals surface area contributed by atoms with Gasteiger partial charge in [-0.2, -0.15) is 0 Å². The molecule has 0 bridgehead atoms. The van der Waals surface area contributed by atoms with Crippen LogP contribution in [0.4, 0.5) is 0 Å². The monoisotopic (exact) mass is 363 g/mol. The highest BCUT2D eigenvalue weighted by atomic mass is 79.9. The van der Waals surface area contributed by atoms with E-state index in [0.29, 0.717) is 0 Å². The van der Waals surface area contributed by atoms with Crippen molar-refractivity contribution in [1.29, 1.82) is 0 Å². The summed E-state index contributed by atoms with van der Waals surface area (Å²) in [5.74, 6) is 0.935. The zero-order valence-electron chi connectivity index (χ0n) is 8.88. The highest BCUT2D eigenvalue weighted by molar-refractivity contribution is 9.13. The fourth-order valence-electron chi connectivity index (χ4n) is 1.59. The summed E-state index contributed by atoms with van der Waals surface area (Å²) in [5.41, 5.74) is 1.15. The van der Waals surface area contributed by atoms with Crippen LogP contribution in [0.2, 0.25) is 0 Å². The topological polar surface area (TPSA) is 25.2 Å². The second-order valence-corrected chi connectivity index (χ2v) is 6.74. The first-order chi connectivity index (χ1) is 7.61. The summed E-state index contributed by atoms with van der Waals surface area (Å²) in [6.07, 6.45) is 1.80. The van der Waals surface area contributed by atoms with Crippen molar-refractivity contribution in [3.05, 3.63) is 42.9 Å². The van der Waals surface area contributed by atoms with Crippen molar-refractivity contribution in [2.45, 2.75) is 13.0 Å². The Morgan fingerprint density at radius 1 is 1.38 bits per heavy atom. The third kappa shape index (κ3) is 2.42. The molecule has 0 aliphatic carbocycles. The van der Waals surface area contributed by atoms with Gasteiger partial charge in [-0.3, -0.25) is 0 Å². The second kappa shape index (κ2) is 5.04. The van der Waals surface area contributed by atoms with Crippen LogP contribution in [0.25, 0.3) is 0 Å². The first kappa shape index (κ1) is 12.4. The first-order valence-electron chi connectivity index (χ1n) is 4.79. The summed E-state index contributed by atoms with van der Waals surface area (Å²) in [6, 6.07) is 4.37. The molecule has 2 nitrogen and oxygen atoms in total. The number of halogens is 2. The molecule has 0 radical (unpaired) electrons. The molecule has 2 aromatic rings. The summed E-state index contributed by atoms with van der Waals surface area (Å²) in [7, 11) is 1.95. The minimum Gasteiger partial charge on any atom is -0.469 e. The third-order valence-corrected chi connectivity index (χ3v) is 5.64. The number of thiophene rings is 1. The van der Waals surface area contributed by atoms with E-state index in [1.54, 1.807) is 17.6 Å². The summed E-state index contributed by atoms with van der Waals surface area (Å²) in [6.45, 7) is 1.95. The maximum absolute atomic E-state index is 5.35. The van der Waals surface area contributed by atoms with E-state index in [1.165, 1.54) is 4.88 Å². The highest BCUT2D eigenvalue weighted by Crippen LogP contribution is 2.37. The lowest BCUT2D eigenvalue weighted by molar-refractivity contribution is 0.528. The van der Waals surface area contributed by atoms with Crippen LogP contribution in [0.3, 0.4) is 0 Å². The van der Waals surface area contributed by atoms with Crippen molar-refractivity contribution < 1.29 is 4.42 Å². The molecule has 0 aromatic carbocycles. The van der Waals surface area contributed by atoms with E-state index >= 15 is 0 Å². The number of aryl methyl sites for hydroxylation is 1. The molecule has 0 amide bonds. The van der Waals surface area contributed by atoms with Crippen molar-refractivity contribution in [1.82, 2.24) is 5.32 Å². The molecule has 16 heavy (non-hydrogen) atoms. The summed E-state index contributed by atoms with van der Waals surface area (Å²) in [5, 5.41) is 3.30. The molecule has 2 aromatic heterocycles. The molecule has 86 valence electrons. The molecule has 0 saturated carbocycles. The fourth-order valence-corrected chi connectivity index (χ4v) is 3.82. The van der Waals surface area contributed by atoms with E-state index < -0.39 is 0 Å². The zero-order valence-corrected chi connectivity index (χ0v) is 12.9. The van der Waals surface area contributed by atoms with Gasteiger partial charge in [0.15, 0.2) is 0 Å². The minimum atomic E-state index is 0.185. The molecule has 1 atom stereocenters. The van der Waals surface area contributed by atoms with Gasteiger partial charge in [-0.15, -0.1) is 11.3 Å². The summed E-state index contributed by atoms with van der Waals surface area (Å²) < 4.78 is 7.55. The average Bonchev–Trinajstić information content (AvgIpc) is 2.77. The van der Waals surface area contributed by atoms with Crippen molar-refractivity contribution in [3.8, 4) is 0 Å². The standard InChI is InChI=1S/C11H11Br2NOS/c1-6-3-7(5-15-6)10(14-2)9-4-8(12)11(13)16-9/h3-5,10,14H,1-2H3. The lowest BCUT2D eigenvalue weighted by Gasteiger charge is -2.11. The first-order valence-corrected chi connectivity index (χ1v) is 7.19. The van der Waals surface area contributed by atoms with Gasteiger partial charge >= 0.3 is 0 Å². The van der Waals surface area contributed by atoms with Crippen LogP contribution in [0, 0.1) is 6.92 Å². The number of nitrogens with one attached hydrogen (secondary N) is 1. The van der Waals surface area contributed by atoms with E-state index in [4.69, 9.17) is 4.42 Å². The Morgan fingerprint density at radius 2 is 2.12 bits per heavy atom. The van der Waals surface area contributed by atoms with Crippen LogP contribution in [0.5, 0.6) is 0 Å². The second-order valence-electron chi connectivity index (χ2n) is 3.48. The number of hydrogen-bond acceptors (Lipinski definition) is 3.